The number of hydrogen-bond donors (Lipinski definition) is 1. The lowest BCUT2D eigenvalue weighted by Gasteiger charge is -1.86. The second-order valence-electron chi connectivity index (χ2n) is 1.50. The van der Waals surface area contributed by atoms with E-state index in [2.05, 4.69) is 10.1 Å². The van der Waals surface area contributed by atoms with Crippen molar-refractivity contribution in [3.8, 4) is 0 Å². The summed E-state index contributed by atoms with van der Waals surface area (Å²) in [5, 5.41) is 2.49. The molecule has 0 aromatic carbocycles. The van der Waals surface area contributed by atoms with Gasteiger partial charge in [-0.25, -0.2) is 4.79 Å². The molecule has 8 heavy (non-hydrogen) atoms. The Morgan fingerprint density at radius 2 is 2.62 bits per heavy atom. The van der Waals surface area contributed by atoms with Crippen molar-refractivity contribution in [1.82, 2.24) is 5.32 Å². The van der Waals surface area contributed by atoms with Gasteiger partial charge in [0.2, 0.25) is 0 Å². The van der Waals surface area contributed by atoms with Crippen LogP contribution in [0.15, 0.2) is 11.8 Å². The predicted molar refractivity (Wildman–Crippen MR) is 28.2 cm³/mol. The third-order valence-corrected chi connectivity index (χ3v) is 0.953. The van der Waals surface area contributed by atoms with Gasteiger partial charge >= 0.3 is 6.09 Å². The van der Waals surface area contributed by atoms with Crippen molar-refractivity contribution < 1.29 is 9.53 Å². The fraction of sp³-hybridized carbons (Fsp3) is 0.400. The quantitative estimate of drug-likeness (QED) is 0.500. The van der Waals surface area contributed by atoms with Gasteiger partial charge in [-0.3, -0.25) is 0 Å². The SMILES string of the molecule is C/C=C1/CNC(=O)O1. The van der Waals surface area contributed by atoms with Crippen LogP contribution in [-0.2, 0) is 4.74 Å². The van der Waals surface area contributed by atoms with E-state index in [-0.39, 0.29) is 6.09 Å². The first-order chi connectivity index (χ1) is 3.83. The van der Waals surface area contributed by atoms with Crippen molar-refractivity contribution in [2.45, 2.75) is 6.92 Å². The highest BCUT2D eigenvalue weighted by atomic mass is 16.6. The molecule has 3 heteroatoms. The maximum atomic E-state index is 10.2. The molecule has 0 saturated carbocycles. The smallest absolute Gasteiger partial charge is 0.412 e. The van der Waals surface area contributed by atoms with Gasteiger partial charge in [-0.2, -0.15) is 0 Å². The van der Waals surface area contributed by atoms with Gasteiger partial charge in [-0.15, -0.1) is 0 Å². The van der Waals surface area contributed by atoms with Crippen LogP contribution >= 0.6 is 0 Å². The fourth-order valence-corrected chi connectivity index (χ4v) is 0.512. The van der Waals surface area contributed by atoms with Gasteiger partial charge < -0.3 is 10.1 Å². The zero-order chi connectivity index (χ0) is 5.98. The average Bonchev–Trinajstić information content (AvgIpc) is 2.14. The van der Waals surface area contributed by atoms with Crippen molar-refractivity contribution in [2.24, 2.45) is 0 Å². The number of carbonyl (C=O) groups is 1. The molecule has 44 valence electrons. The number of carbonyl (C=O) groups excluding carboxylic acids is 1. The minimum absolute atomic E-state index is 0.349. The Hall–Kier alpha value is -0.990. The summed E-state index contributed by atoms with van der Waals surface area (Å²) in [6.07, 6.45) is 1.41. The van der Waals surface area contributed by atoms with Crippen LogP contribution in [0.2, 0.25) is 0 Å². The number of alkyl carbamates (subject to hydrolysis) is 1. The molecule has 0 aromatic rings. The molecule has 1 aliphatic rings. The highest BCUT2D eigenvalue weighted by Crippen LogP contribution is 2.01. The van der Waals surface area contributed by atoms with Crippen LogP contribution in [0.4, 0.5) is 4.79 Å². The summed E-state index contributed by atoms with van der Waals surface area (Å²) in [5.41, 5.74) is 0. The standard InChI is InChI=1S/C5H7NO2/c1-2-4-3-6-5(7)8-4/h2H,3H2,1H3,(H,6,7)/b4-2-. The minimum Gasteiger partial charge on any atom is -0.413 e. The molecule has 1 rings (SSSR count). The van der Waals surface area contributed by atoms with Crippen LogP contribution in [0.3, 0.4) is 0 Å². The van der Waals surface area contributed by atoms with E-state index in [1.807, 2.05) is 6.92 Å². The summed E-state index contributed by atoms with van der Waals surface area (Å²) >= 11 is 0. The fourth-order valence-electron chi connectivity index (χ4n) is 0.512. The van der Waals surface area contributed by atoms with E-state index in [1.165, 1.54) is 0 Å². The first kappa shape index (κ1) is 5.15. The predicted octanol–water partition coefficient (Wildman–Crippen LogP) is 0.630. The summed E-state index contributed by atoms with van der Waals surface area (Å²) < 4.78 is 4.62. The first-order valence-electron chi connectivity index (χ1n) is 2.44. The Bertz CT molecular complexity index is 139. The van der Waals surface area contributed by atoms with E-state index in [4.69, 9.17) is 0 Å². The van der Waals surface area contributed by atoms with Crippen LogP contribution < -0.4 is 5.32 Å². The highest BCUT2D eigenvalue weighted by molar-refractivity contribution is 5.71. The number of ether oxygens (including phenoxy) is 1. The van der Waals surface area contributed by atoms with Gasteiger partial charge in [0.25, 0.3) is 0 Å². The molecule has 3 nitrogen and oxygen atoms in total. The molecule has 0 unspecified atom stereocenters. The van der Waals surface area contributed by atoms with Crippen LogP contribution in [0.5, 0.6) is 0 Å². The van der Waals surface area contributed by atoms with Gasteiger partial charge in [0.1, 0.15) is 5.76 Å². The number of amides is 1. The molecule has 1 saturated heterocycles. The Morgan fingerprint density at radius 1 is 1.88 bits per heavy atom. The maximum Gasteiger partial charge on any atom is 0.412 e. The zero-order valence-electron chi connectivity index (χ0n) is 4.60. The number of allylic oxidation sites excluding steroid dienone is 1. The van der Waals surface area contributed by atoms with Crippen molar-refractivity contribution in [2.75, 3.05) is 6.54 Å². The molecule has 1 N–H and O–H groups in total. The molecule has 1 aliphatic heterocycles. The normalized spacial score (nSPS) is 23.1. The van der Waals surface area contributed by atoms with Gasteiger partial charge in [-0.1, -0.05) is 0 Å². The minimum atomic E-state index is -0.349. The Labute approximate surface area is 47.3 Å². The lowest BCUT2D eigenvalue weighted by Crippen LogP contribution is -2.11. The molecule has 0 spiro atoms. The number of hydrogen-bond acceptors (Lipinski definition) is 2. The van der Waals surface area contributed by atoms with E-state index in [1.54, 1.807) is 6.08 Å². The second kappa shape index (κ2) is 1.86. The summed E-state index contributed by atoms with van der Waals surface area (Å²) in [6, 6.07) is 0. The number of nitrogens with one attached hydrogen (secondary N) is 1. The van der Waals surface area contributed by atoms with E-state index >= 15 is 0 Å². The molecule has 1 amide bonds. The molecule has 1 fully saturated rings. The molecule has 1 heterocycles. The third-order valence-electron chi connectivity index (χ3n) is 0.953. The zero-order valence-corrected chi connectivity index (χ0v) is 4.60. The van der Waals surface area contributed by atoms with Crippen LogP contribution in [0.1, 0.15) is 6.92 Å². The topological polar surface area (TPSA) is 38.3 Å². The molecular weight excluding hydrogens is 106 g/mol. The largest absolute Gasteiger partial charge is 0.413 e. The van der Waals surface area contributed by atoms with E-state index < -0.39 is 0 Å². The van der Waals surface area contributed by atoms with Crippen molar-refractivity contribution in [3.63, 3.8) is 0 Å². The molecule has 0 radical (unpaired) electrons. The molecular formula is C5H7NO2. The Kier molecular flexibility index (Phi) is 1.20. The van der Waals surface area contributed by atoms with E-state index in [0.29, 0.717) is 12.3 Å². The van der Waals surface area contributed by atoms with Crippen molar-refractivity contribution in [3.05, 3.63) is 11.8 Å². The molecule has 0 atom stereocenters. The van der Waals surface area contributed by atoms with Crippen molar-refractivity contribution >= 4 is 6.09 Å². The van der Waals surface area contributed by atoms with Crippen molar-refractivity contribution in [1.29, 1.82) is 0 Å². The number of cyclic esters (lactones) is 1. The summed E-state index contributed by atoms with van der Waals surface area (Å²) in [5.74, 6) is 0.704. The third kappa shape index (κ3) is 0.804. The first-order valence-corrected chi connectivity index (χ1v) is 2.44. The maximum absolute atomic E-state index is 10.2. The van der Waals surface area contributed by atoms with Crippen LogP contribution in [0, 0.1) is 0 Å². The highest BCUT2D eigenvalue weighted by Gasteiger charge is 2.13. The van der Waals surface area contributed by atoms with Gasteiger partial charge in [-0.05, 0) is 13.0 Å². The molecule has 0 bridgehead atoms. The van der Waals surface area contributed by atoms with Gasteiger partial charge in [0.15, 0.2) is 0 Å². The Morgan fingerprint density at radius 3 is 2.88 bits per heavy atom. The van der Waals surface area contributed by atoms with E-state index in [0.717, 1.165) is 0 Å². The lowest BCUT2D eigenvalue weighted by molar-refractivity contribution is 0.195. The summed E-state index contributed by atoms with van der Waals surface area (Å²) in [4.78, 5) is 10.2. The Balaban J connectivity index is 2.56. The van der Waals surface area contributed by atoms with Crippen LogP contribution in [0.25, 0.3) is 0 Å². The van der Waals surface area contributed by atoms with Crippen LogP contribution in [-0.4, -0.2) is 12.6 Å². The lowest BCUT2D eigenvalue weighted by atomic mass is 10.5. The molecule has 0 aliphatic carbocycles. The average molecular weight is 113 g/mol. The number of rotatable bonds is 0. The van der Waals surface area contributed by atoms with E-state index in [9.17, 15) is 4.79 Å². The monoisotopic (exact) mass is 113 g/mol. The summed E-state index contributed by atoms with van der Waals surface area (Å²) in [7, 11) is 0. The van der Waals surface area contributed by atoms with Gasteiger partial charge in [0, 0.05) is 0 Å². The second-order valence-corrected chi connectivity index (χ2v) is 1.50. The molecule has 0 aromatic heterocycles. The van der Waals surface area contributed by atoms with Gasteiger partial charge in [0.05, 0.1) is 6.54 Å². The summed E-state index contributed by atoms with van der Waals surface area (Å²) in [6.45, 7) is 2.37.